The standard InChI is InChI=1S/C16H30N4/c1-4-18-16(3,13-17)11-14(2)20-10-9-19-8-6-5-7-15(19)12-20/h14-15,18H,4-12H2,1-3H3. The maximum atomic E-state index is 9.41. The molecule has 2 rings (SSSR count). The van der Waals surface area contributed by atoms with Crippen molar-refractivity contribution in [2.24, 2.45) is 0 Å². The molecule has 2 fully saturated rings. The number of hydrogen-bond donors (Lipinski definition) is 1. The van der Waals surface area contributed by atoms with E-state index in [1.54, 1.807) is 0 Å². The van der Waals surface area contributed by atoms with E-state index in [0.29, 0.717) is 6.04 Å². The van der Waals surface area contributed by atoms with Crippen LogP contribution in [0, 0.1) is 11.3 Å². The van der Waals surface area contributed by atoms with Gasteiger partial charge < -0.3 is 0 Å². The lowest BCUT2D eigenvalue weighted by Crippen LogP contribution is -2.58. The van der Waals surface area contributed by atoms with Crippen molar-refractivity contribution in [2.75, 3.05) is 32.7 Å². The molecule has 0 aromatic heterocycles. The largest absolute Gasteiger partial charge is 0.300 e. The van der Waals surface area contributed by atoms with E-state index < -0.39 is 5.54 Å². The molecule has 3 unspecified atom stereocenters. The molecule has 0 aliphatic carbocycles. The number of nitriles is 1. The first-order chi connectivity index (χ1) is 9.58. The predicted octanol–water partition coefficient (Wildman–Crippen LogP) is 1.83. The number of piperazine rings is 1. The first-order valence-corrected chi connectivity index (χ1v) is 8.22. The molecule has 4 heteroatoms. The second kappa shape index (κ2) is 6.89. The van der Waals surface area contributed by atoms with Crippen LogP contribution in [0.25, 0.3) is 0 Å². The zero-order valence-electron chi connectivity index (χ0n) is 13.4. The topological polar surface area (TPSA) is 42.3 Å². The van der Waals surface area contributed by atoms with Crippen LogP contribution in [0.3, 0.4) is 0 Å². The predicted molar refractivity (Wildman–Crippen MR) is 82.6 cm³/mol. The third kappa shape index (κ3) is 3.72. The van der Waals surface area contributed by atoms with E-state index in [9.17, 15) is 5.26 Å². The van der Waals surface area contributed by atoms with Crippen molar-refractivity contribution < 1.29 is 0 Å². The molecule has 2 aliphatic heterocycles. The Hall–Kier alpha value is -0.630. The van der Waals surface area contributed by atoms with Gasteiger partial charge in [-0.2, -0.15) is 5.26 Å². The van der Waals surface area contributed by atoms with Gasteiger partial charge in [-0.15, -0.1) is 0 Å². The number of hydrogen-bond acceptors (Lipinski definition) is 4. The summed E-state index contributed by atoms with van der Waals surface area (Å²) in [5.41, 5.74) is -0.391. The summed E-state index contributed by atoms with van der Waals surface area (Å²) in [5.74, 6) is 0. The van der Waals surface area contributed by atoms with Gasteiger partial charge in [-0.3, -0.25) is 15.1 Å². The minimum absolute atomic E-state index is 0.391. The van der Waals surface area contributed by atoms with Crippen molar-refractivity contribution >= 4 is 0 Å². The molecule has 114 valence electrons. The van der Waals surface area contributed by atoms with Crippen LogP contribution in [0.5, 0.6) is 0 Å². The summed E-state index contributed by atoms with van der Waals surface area (Å²) in [6, 6.07) is 3.69. The zero-order valence-corrected chi connectivity index (χ0v) is 13.4. The smallest absolute Gasteiger partial charge is 0.105 e. The Kier molecular flexibility index (Phi) is 5.42. The van der Waals surface area contributed by atoms with Crippen molar-refractivity contribution in [2.45, 2.75) is 64.1 Å². The quantitative estimate of drug-likeness (QED) is 0.833. The van der Waals surface area contributed by atoms with Crippen LogP contribution in [0.15, 0.2) is 0 Å². The lowest BCUT2D eigenvalue weighted by molar-refractivity contribution is 0.0255. The average molecular weight is 278 g/mol. The molecule has 0 spiro atoms. The molecule has 0 bridgehead atoms. The summed E-state index contributed by atoms with van der Waals surface area (Å²) >= 11 is 0. The number of fused-ring (bicyclic) bond motifs is 1. The molecule has 2 aliphatic rings. The zero-order chi connectivity index (χ0) is 14.6. The highest BCUT2D eigenvalue weighted by molar-refractivity contribution is 5.05. The van der Waals surface area contributed by atoms with Crippen LogP contribution in [0.4, 0.5) is 0 Å². The summed E-state index contributed by atoms with van der Waals surface area (Å²) in [7, 11) is 0. The lowest BCUT2D eigenvalue weighted by atomic mass is 9.92. The van der Waals surface area contributed by atoms with Crippen LogP contribution in [0.1, 0.15) is 46.5 Å². The Morgan fingerprint density at radius 2 is 2.15 bits per heavy atom. The molecule has 2 saturated heterocycles. The van der Waals surface area contributed by atoms with Gasteiger partial charge in [-0.1, -0.05) is 13.3 Å². The second-order valence-electron chi connectivity index (χ2n) is 6.71. The molecule has 0 aromatic carbocycles. The third-order valence-electron chi connectivity index (χ3n) is 5.01. The normalized spacial score (nSPS) is 29.2. The Labute approximate surface area is 124 Å². The maximum Gasteiger partial charge on any atom is 0.105 e. The van der Waals surface area contributed by atoms with E-state index in [-0.39, 0.29) is 0 Å². The van der Waals surface area contributed by atoms with Crippen molar-refractivity contribution in [1.82, 2.24) is 15.1 Å². The van der Waals surface area contributed by atoms with E-state index in [1.807, 2.05) is 6.92 Å². The first kappa shape index (κ1) is 15.8. The fraction of sp³-hybridized carbons (Fsp3) is 0.938. The minimum Gasteiger partial charge on any atom is -0.300 e. The lowest BCUT2D eigenvalue weighted by Gasteiger charge is -2.46. The van der Waals surface area contributed by atoms with Crippen LogP contribution >= 0.6 is 0 Å². The molecule has 1 N–H and O–H groups in total. The van der Waals surface area contributed by atoms with Gasteiger partial charge in [0.15, 0.2) is 0 Å². The second-order valence-corrected chi connectivity index (χ2v) is 6.71. The van der Waals surface area contributed by atoms with Gasteiger partial charge in [-0.25, -0.2) is 0 Å². The van der Waals surface area contributed by atoms with Gasteiger partial charge in [0, 0.05) is 31.7 Å². The SMILES string of the molecule is CCNC(C)(C#N)CC(C)N1CCN2CCCCC2C1. The highest BCUT2D eigenvalue weighted by Crippen LogP contribution is 2.24. The van der Waals surface area contributed by atoms with Crippen molar-refractivity contribution in [3.05, 3.63) is 0 Å². The molecular weight excluding hydrogens is 248 g/mol. The van der Waals surface area contributed by atoms with Crippen LogP contribution < -0.4 is 5.32 Å². The van der Waals surface area contributed by atoms with Crippen LogP contribution in [-0.2, 0) is 0 Å². The van der Waals surface area contributed by atoms with Gasteiger partial charge in [0.05, 0.1) is 6.07 Å². The Morgan fingerprint density at radius 3 is 2.85 bits per heavy atom. The molecule has 0 aromatic rings. The summed E-state index contributed by atoms with van der Waals surface area (Å²) in [4.78, 5) is 5.26. The van der Waals surface area contributed by atoms with Crippen LogP contribution in [0.2, 0.25) is 0 Å². The molecule has 3 atom stereocenters. The highest BCUT2D eigenvalue weighted by Gasteiger charge is 2.33. The van der Waals surface area contributed by atoms with Crippen molar-refractivity contribution in [3.8, 4) is 6.07 Å². The number of nitrogens with zero attached hydrogens (tertiary/aromatic N) is 3. The van der Waals surface area contributed by atoms with E-state index >= 15 is 0 Å². The molecular formula is C16H30N4. The minimum atomic E-state index is -0.391. The third-order valence-corrected chi connectivity index (χ3v) is 5.01. The van der Waals surface area contributed by atoms with E-state index in [4.69, 9.17) is 0 Å². The summed E-state index contributed by atoms with van der Waals surface area (Å²) in [5, 5.41) is 12.7. The molecule has 2 heterocycles. The van der Waals surface area contributed by atoms with Crippen molar-refractivity contribution in [1.29, 1.82) is 5.26 Å². The molecule has 0 amide bonds. The molecule has 0 radical (unpaired) electrons. The Morgan fingerprint density at radius 1 is 1.35 bits per heavy atom. The maximum absolute atomic E-state index is 9.41. The summed E-state index contributed by atoms with van der Waals surface area (Å²) in [6.45, 7) is 12.1. The highest BCUT2D eigenvalue weighted by atomic mass is 15.3. The van der Waals surface area contributed by atoms with Gasteiger partial charge in [0.25, 0.3) is 0 Å². The monoisotopic (exact) mass is 278 g/mol. The summed E-state index contributed by atoms with van der Waals surface area (Å²) in [6.07, 6.45) is 5.02. The van der Waals surface area contributed by atoms with Gasteiger partial charge >= 0.3 is 0 Å². The molecule has 0 saturated carbocycles. The Balaban J connectivity index is 1.89. The van der Waals surface area contributed by atoms with E-state index in [1.165, 1.54) is 38.9 Å². The van der Waals surface area contributed by atoms with Gasteiger partial charge in [0.1, 0.15) is 5.54 Å². The number of piperidine rings is 1. The van der Waals surface area contributed by atoms with Crippen molar-refractivity contribution in [3.63, 3.8) is 0 Å². The Bertz CT molecular complexity index is 351. The van der Waals surface area contributed by atoms with E-state index in [2.05, 4.69) is 35.0 Å². The van der Waals surface area contributed by atoms with Crippen LogP contribution in [-0.4, -0.2) is 60.1 Å². The number of nitrogens with one attached hydrogen (secondary N) is 1. The van der Waals surface area contributed by atoms with Gasteiger partial charge in [0.2, 0.25) is 0 Å². The average Bonchev–Trinajstić information content (AvgIpc) is 2.47. The fourth-order valence-electron chi connectivity index (χ4n) is 3.85. The molecule has 20 heavy (non-hydrogen) atoms. The fourth-order valence-corrected chi connectivity index (χ4v) is 3.85. The van der Waals surface area contributed by atoms with Gasteiger partial charge in [-0.05, 0) is 46.2 Å². The van der Waals surface area contributed by atoms with E-state index in [0.717, 1.165) is 25.6 Å². The molecule has 4 nitrogen and oxygen atoms in total. The first-order valence-electron chi connectivity index (χ1n) is 8.22. The summed E-state index contributed by atoms with van der Waals surface area (Å²) < 4.78 is 0. The number of rotatable bonds is 5.